The van der Waals surface area contributed by atoms with Crippen LogP contribution in [-0.4, -0.2) is 24.0 Å². The molecule has 0 amide bonds. The van der Waals surface area contributed by atoms with Crippen LogP contribution in [0.25, 0.3) is 0 Å². The van der Waals surface area contributed by atoms with Gasteiger partial charge in [-0.2, -0.15) is 0 Å². The second-order valence-electron chi connectivity index (χ2n) is 2.33. The summed E-state index contributed by atoms with van der Waals surface area (Å²) in [6.07, 6.45) is 3.39. The summed E-state index contributed by atoms with van der Waals surface area (Å²) in [6, 6.07) is 0.517. The Morgan fingerprint density at radius 2 is 2.40 bits per heavy atom. The molecule has 0 bridgehead atoms. The molecule has 1 atom stereocenters. The standard InChI is InChI=1S/C7H16N2O/c1-3-8-7(2)5-4-6-9-10/h6-8,10H,3-5H2,1-2H3. The highest BCUT2D eigenvalue weighted by molar-refractivity contribution is 5.55. The minimum Gasteiger partial charge on any atom is -0.411 e. The molecule has 0 aromatic heterocycles. The Morgan fingerprint density at radius 1 is 1.70 bits per heavy atom. The Balaban J connectivity index is 3.12. The molecule has 1 unspecified atom stereocenters. The summed E-state index contributed by atoms with van der Waals surface area (Å²) < 4.78 is 0. The van der Waals surface area contributed by atoms with E-state index in [0.717, 1.165) is 19.4 Å². The van der Waals surface area contributed by atoms with E-state index in [0.29, 0.717) is 6.04 Å². The molecule has 0 aromatic carbocycles. The Labute approximate surface area is 62.1 Å². The van der Waals surface area contributed by atoms with Crippen LogP contribution in [0.2, 0.25) is 0 Å². The molecule has 0 aliphatic heterocycles. The van der Waals surface area contributed by atoms with Crippen LogP contribution in [0.4, 0.5) is 0 Å². The third-order valence-corrected chi connectivity index (χ3v) is 1.36. The van der Waals surface area contributed by atoms with Crippen molar-refractivity contribution in [1.82, 2.24) is 5.32 Å². The van der Waals surface area contributed by atoms with Crippen LogP contribution in [0.3, 0.4) is 0 Å². The molecular weight excluding hydrogens is 128 g/mol. The van der Waals surface area contributed by atoms with Gasteiger partial charge in [0, 0.05) is 12.3 Å². The topological polar surface area (TPSA) is 44.6 Å². The van der Waals surface area contributed by atoms with Gasteiger partial charge in [0.2, 0.25) is 0 Å². The smallest absolute Gasteiger partial charge is 0.0436 e. The molecule has 60 valence electrons. The number of rotatable bonds is 5. The fraction of sp³-hybridized carbons (Fsp3) is 0.857. The quantitative estimate of drug-likeness (QED) is 0.346. The maximum absolute atomic E-state index is 8.06. The van der Waals surface area contributed by atoms with E-state index in [9.17, 15) is 0 Å². The van der Waals surface area contributed by atoms with Crippen LogP contribution in [0, 0.1) is 0 Å². The number of nitrogens with one attached hydrogen (secondary N) is 1. The molecule has 0 rings (SSSR count). The second kappa shape index (κ2) is 6.55. The van der Waals surface area contributed by atoms with E-state index in [2.05, 4.69) is 24.3 Å². The minimum absolute atomic E-state index is 0.517. The van der Waals surface area contributed by atoms with Gasteiger partial charge in [-0.25, -0.2) is 0 Å². The summed E-state index contributed by atoms with van der Waals surface area (Å²) in [5.41, 5.74) is 0. The molecule has 0 spiro atoms. The molecule has 0 fully saturated rings. The first-order valence-electron chi connectivity index (χ1n) is 3.70. The van der Waals surface area contributed by atoms with Crippen molar-refractivity contribution in [3.8, 4) is 0 Å². The number of nitrogens with zero attached hydrogens (tertiary/aromatic N) is 1. The van der Waals surface area contributed by atoms with Crippen molar-refractivity contribution < 1.29 is 5.21 Å². The first-order chi connectivity index (χ1) is 4.81. The highest BCUT2D eigenvalue weighted by Gasteiger charge is 1.95. The monoisotopic (exact) mass is 144 g/mol. The first kappa shape index (κ1) is 9.43. The van der Waals surface area contributed by atoms with Gasteiger partial charge >= 0.3 is 0 Å². The number of oxime groups is 1. The molecular formula is C7H16N2O. The maximum Gasteiger partial charge on any atom is 0.0436 e. The largest absolute Gasteiger partial charge is 0.411 e. The van der Waals surface area contributed by atoms with Gasteiger partial charge in [0.05, 0.1) is 0 Å². The molecule has 0 saturated heterocycles. The predicted octanol–water partition coefficient (Wildman–Crippen LogP) is 1.22. The third kappa shape index (κ3) is 5.56. The lowest BCUT2D eigenvalue weighted by atomic mass is 10.2. The maximum atomic E-state index is 8.06. The lowest BCUT2D eigenvalue weighted by Gasteiger charge is -2.08. The summed E-state index contributed by atoms with van der Waals surface area (Å²) in [6.45, 7) is 5.20. The highest BCUT2D eigenvalue weighted by Crippen LogP contribution is 1.92. The lowest BCUT2D eigenvalue weighted by molar-refractivity contribution is 0.320. The van der Waals surface area contributed by atoms with Gasteiger partial charge in [-0.05, 0) is 26.3 Å². The van der Waals surface area contributed by atoms with Crippen molar-refractivity contribution >= 4 is 6.21 Å². The molecule has 2 N–H and O–H groups in total. The fourth-order valence-electron chi connectivity index (χ4n) is 0.833. The van der Waals surface area contributed by atoms with Gasteiger partial charge < -0.3 is 10.5 Å². The van der Waals surface area contributed by atoms with Crippen LogP contribution in [0.5, 0.6) is 0 Å². The molecule has 0 aliphatic carbocycles. The van der Waals surface area contributed by atoms with Crippen molar-refractivity contribution in [3.05, 3.63) is 0 Å². The van der Waals surface area contributed by atoms with Crippen molar-refractivity contribution in [1.29, 1.82) is 0 Å². The van der Waals surface area contributed by atoms with Gasteiger partial charge in [-0.3, -0.25) is 0 Å². The molecule has 3 nitrogen and oxygen atoms in total. The van der Waals surface area contributed by atoms with Crippen LogP contribution in [0.15, 0.2) is 5.16 Å². The third-order valence-electron chi connectivity index (χ3n) is 1.36. The van der Waals surface area contributed by atoms with Gasteiger partial charge in [0.15, 0.2) is 0 Å². The van der Waals surface area contributed by atoms with E-state index in [-0.39, 0.29) is 0 Å². The lowest BCUT2D eigenvalue weighted by Crippen LogP contribution is -2.25. The summed E-state index contributed by atoms with van der Waals surface area (Å²) in [4.78, 5) is 0. The van der Waals surface area contributed by atoms with E-state index >= 15 is 0 Å². The van der Waals surface area contributed by atoms with E-state index in [4.69, 9.17) is 5.21 Å². The second-order valence-corrected chi connectivity index (χ2v) is 2.33. The van der Waals surface area contributed by atoms with E-state index in [1.54, 1.807) is 0 Å². The number of hydrogen-bond acceptors (Lipinski definition) is 3. The van der Waals surface area contributed by atoms with Crippen molar-refractivity contribution in [2.45, 2.75) is 32.7 Å². The Bertz CT molecular complexity index is 93.6. The SMILES string of the molecule is CCNC(C)CCC=NO. The van der Waals surface area contributed by atoms with Gasteiger partial charge in [0.25, 0.3) is 0 Å². The van der Waals surface area contributed by atoms with E-state index < -0.39 is 0 Å². The predicted molar refractivity (Wildman–Crippen MR) is 42.7 cm³/mol. The van der Waals surface area contributed by atoms with Crippen LogP contribution in [0.1, 0.15) is 26.7 Å². The minimum atomic E-state index is 0.517. The summed E-state index contributed by atoms with van der Waals surface area (Å²) in [5, 5.41) is 14.2. The molecule has 0 radical (unpaired) electrons. The molecule has 10 heavy (non-hydrogen) atoms. The zero-order valence-electron chi connectivity index (χ0n) is 6.67. The van der Waals surface area contributed by atoms with Gasteiger partial charge in [-0.15, -0.1) is 5.16 Å². The van der Waals surface area contributed by atoms with Gasteiger partial charge in [0.1, 0.15) is 0 Å². The summed E-state index contributed by atoms with van der Waals surface area (Å²) >= 11 is 0. The van der Waals surface area contributed by atoms with Crippen molar-refractivity contribution in [2.24, 2.45) is 5.16 Å². The molecule has 0 aliphatic rings. The molecule has 3 heteroatoms. The summed E-state index contributed by atoms with van der Waals surface area (Å²) in [7, 11) is 0. The Kier molecular flexibility index (Phi) is 6.18. The Morgan fingerprint density at radius 3 is 2.90 bits per heavy atom. The van der Waals surface area contributed by atoms with Crippen LogP contribution >= 0.6 is 0 Å². The average Bonchev–Trinajstić information content (AvgIpc) is 1.89. The zero-order valence-corrected chi connectivity index (χ0v) is 6.67. The normalized spacial score (nSPS) is 14.2. The zero-order chi connectivity index (χ0) is 7.82. The Hall–Kier alpha value is -0.570. The number of hydrogen-bond donors (Lipinski definition) is 2. The van der Waals surface area contributed by atoms with Crippen LogP contribution in [-0.2, 0) is 0 Å². The molecule has 0 aromatic rings. The van der Waals surface area contributed by atoms with E-state index in [1.807, 2.05) is 0 Å². The van der Waals surface area contributed by atoms with Crippen LogP contribution < -0.4 is 5.32 Å². The first-order valence-corrected chi connectivity index (χ1v) is 3.70. The van der Waals surface area contributed by atoms with Crippen molar-refractivity contribution in [2.75, 3.05) is 6.54 Å². The average molecular weight is 144 g/mol. The summed E-state index contributed by atoms with van der Waals surface area (Å²) in [5.74, 6) is 0. The molecule has 0 saturated carbocycles. The highest BCUT2D eigenvalue weighted by atomic mass is 16.4. The fourth-order valence-corrected chi connectivity index (χ4v) is 0.833. The molecule has 0 heterocycles. The van der Waals surface area contributed by atoms with E-state index in [1.165, 1.54) is 6.21 Å². The van der Waals surface area contributed by atoms with Crippen molar-refractivity contribution in [3.63, 3.8) is 0 Å². The van der Waals surface area contributed by atoms with Gasteiger partial charge in [-0.1, -0.05) is 6.92 Å².